The van der Waals surface area contributed by atoms with Crippen LogP contribution in [0.2, 0.25) is 0 Å². The van der Waals surface area contributed by atoms with Crippen LogP contribution in [0, 0.1) is 5.41 Å². The monoisotopic (exact) mass is 196 g/mol. The van der Waals surface area contributed by atoms with Crippen LogP contribution in [-0.4, -0.2) is 20.6 Å². The van der Waals surface area contributed by atoms with Gasteiger partial charge >= 0.3 is 5.97 Å². The van der Waals surface area contributed by atoms with Crippen molar-refractivity contribution in [1.82, 2.24) is 9.55 Å². The summed E-state index contributed by atoms with van der Waals surface area (Å²) in [4.78, 5) is 14.8. The normalized spacial score (nSPS) is 11.6. The van der Waals surface area contributed by atoms with Crippen LogP contribution in [0.4, 0.5) is 0 Å². The molecule has 0 saturated carbocycles. The molecule has 1 aromatic rings. The Morgan fingerprint density at radius 2 is 2.29 bits per heavy atom. The van der Waals surface area contributed by atoms with Crippen molar-refractivity contribution >= 4 is 5.97 Å². The Morgan fingerprint density at radius 1 is 1.64 bits per heavy atom. The highest BCUT2D eigenvalue weighted by Crippen LogP contribution is 2.24. The van der Waals surface area contributed by atoms with Crippen LogP contribution in [-0.2, 0) is 18.3 Å². The minimum absolute atomic E-state index is 0.167. The van der Waals surface area contributed by atoms with Crippen LogP contribution < -0.4 is 0 Å². The highest BCUT2D eigenvalue weighted by Gasteiger charge is 2.23. The van der Waals surface area contributed by atoms with Gasteiger partial charge in [0.05, 0.1) is 6.42 Å². The lowest BCUT2D eigenvalue weighted by Crippen LogP contribution is -2.21. The Morgan fingerprint density at radius 3 is 2.71 bits per heavy atom. The minimum atomic E-state index is -0.760. The van der Waals surface area contributed by atoms with E-state index in [1.807, 2.05) is 31.7 Å². The van der Waals surface area contributed by atoms with Gasteiger partial charge in [0, 0.05) is 25.9 Å². The van der Waals surface area contributed by atoms with Crippen LogP contribution in [0.25, 0.3) is 0 Å². The molecular weight excluding hydrogens is 180 g/mol. The van der Waals surface area contributed by atoms with Gasteiger partial charge in [-0.3, -0.25) is 4.79 Å². The van der Waals surface area contributed by atoms with Gasteiger partial charge in [-0.25, -0.2) is 4.98 Å². The summed E-state index contributed by atoms with van der Waals surface area (Å²) in [7, 11) is 1.92. The van der Waals surface area contributed by atoms with Crippen molar-refractivity contribution in [3.05, 3.63) is 18.2 Å². The van der Waals surface area contributed by atoms with E-state index in [4.69, 9.17) is 5.11 Å². The van der Waals surface area contributed by atoms with Crippen molar-refractivity contribution in [1.29, 1.82) is 0 Å². The van der Waals surface area contributed by atoms with Crippen molar-refractivity contribution in [2.75, 3.05) is 0 Å². The molecule has 1 heterocycles. The van der Waals surface area contributed by atoms with E-state index in [2.05, 4.69) is 4.98 Å². The average Bonchev–Trinajstić information content (AvgIpc) is 2.32. The maximum Gasteiger partial charge on any atom is 0.303 e. The van der Waals surface area contributed by atoms with E-state index in [-0.39, 0.29) is 11.8 Å². The summed E-state index contributed by atoms with van der Waals surface area (Å²) in [6, 6.07) is 0. The Labute approximate surface area is 83.6 Å². The molecule has 78 valence electrons. The first kappa shape index (κ1) is 10.8. The second-order valence-electron chi connectivity index (χ2n) is 4.37. The molecule has 0 atom stereocenters. The maximum atomic E-state index is 10.6. The highest BCUT2D eigenvalue weighted by molar-refractivity contribution is 5.67. The molecule has 4 heteroatoms. The lowest BCUT2D eigenvalue weighted by molar-refractivity contribution is -0.139. The number of hydrogen-bond donors (Lipinski definition) is 1. The van der Waals surface area contributed by atoms with Gasteiger partial charge in [0.25, 0.3) is 0 Å². The number of carboxylic acid groups (broad SMARTS) is 1. The number of imidazole rings is 1. The molecule has 0 aliphatic heterocycles. The summed E-state index contributed by atoms with van der Waals surface area (Å²) in [5.74, 6) is 0.167. The van der Waals surface area contributed by atoms with E-state index in [1.54, 1.807) is 6.20 Å². The quantitative estimate of drug-likeness (QED) is 0.793. The largest absolute Gasteiger partial charge is 0.481 e. The summed E-state index contributed by atoms with van der Waals surface area (Å²) < 4.78 is 1.92. The maximum absolute atomic E-state index is 10.6. The van der Waals surface area contributed by atoms with Gasteiger partial charge in [-0.05, 0) is 5.41 Å². The summed E-state index contributed by atoms with van der Waals surface area (Å²) in [5.41, 5.74) is -0.245. The number of aliphatic carboxylic acids is 1. The topological polar surface area (TPSA) is 55.1 Å². The van der Waals surface area contributed by atoms with Crippen molar-refractivity contribution in [3.8, 4) is 0 Å². The molecule has 0 spiro atoms. The lowest BCUT2D eigenvalue weighted by atomic mass is 9.85. The first-order valence-electron chi connectivity index (χ1n) is 4.59. The van der Waals surface area contributed by atoms with Gasteiger partial charge < -0.3 is 9.67 Å². The highest BCUT2D eigenvalue weighted by atomic mass is 16.4. The number of rotatable bonds is 4. The van der Waals surface area contributed by atoms with E-state index in [0.29, 0.717) is 6.42 Å². The molecule has 0 amide bonds. The van der Waals surface area contributed by atoms with Crippen molar-refractivity contribution in [2.45, 2.75) is 26.7 Å². The molecule has 0 radical (unpaired) electrons. The Bertz CT molecular complexity index is 329. The molecule has 0 aromatic carbocycles. The zero-order chi connectivity index (χ0) is 10.8. The van der Waals surface area contributed by atoms with Crippen LogP contribution in [0.15, 0.2) is 12.4 Å². The van der Waals surface area contributed by atoms with Gasteiger partial charge in [0.15, 0.2) is 0 Å². The molecule has 0 saturated heterocycles. The SMILES string of the molecule is Cn1ccnc1CC(C)(C)CC(=O)O. The van der Waals surface area contributed by atoms with Gasteiger partial charge in [0.1, 0.15) is 5.82 Å². The second-order valence-corrected chi connectivity index (χ2v) is 4.37. The molecule has 0 fully saturated rings. The molecule has 1 aromatic heterocycles. The summed E-state index contributed by atoms with van der Waals surface area (Å²) in [6.07, 6.45) is 4.45. The Hall–Kier alpha value is -1.32. The predicted molar refractivity (Wildman–Crippen MR) is 52.9 cm³/mol. The number of carboxylic acids is 1. The number of nitrogens with zero attached hydrogens (tertiary/aromatic N) is 2. The molecule has 0 aliphatic carbocycles. The average molecular weight is 196 g/mol. The standard InChI is InChI=1S/C10H16N2O2/c1-10(2,7-9(13)14)6-8-11-4-5-12(8)3/h4-5H,6-7H2,1-3H3,(H,13,14). The van der Waals surface area contributed by atoms with Crippen molar-refractivity contribution in [3.63, 3.8) is 0 Å². The predicted octanol–water partition coefficient (Wildman–Crippen LogP) is 1.46. The lowest BCUT2D eigenvalue weighted by Gasteiger charge is -2.21. The van der Waals surface area contributed by atoms with Gasteiger partial charge in [-0.2, -0.15) is 0 Å². The first-order valence-corrected chi connectivity index (χ1v) is 4.59. The number of aryl methyl sites for hydroxylation is 1. The molecular formula is C10H16N2O2. The Balaban J connectivity index is 2.68. The van der Waals surface area contributed by atoms with E-state index < -0.39 is 5.97 Å². The fourth-order valence-corrected chi connectivity index (χ4v) is 1.47. The second kappa shape index (κ2) is 3.82. The summed E-state index contributed by atoms with van der Waals surface area (Å²) in [5, 5.41) is 8.72. The van der Waals surface area contributed by atoms with E-state index in [1.165, 1.54) is 0 Å². The zero-order valence-corrected chi connectivity index (χ0v) is 8.82. The first-order chi connectivity index (χ1) is 6.41. The third-order valence-electron chi connectivity index (χ3n) is 2.19. The van der Waals surface area contributed by atoms with Crippen LogP contribution >= 0.6 is 0 Å². The molecule has 0 aliphatic rings. The smallest absolute Gasteiger partial charge is 0.303 e. The molecule has 0 unspecified atom stereocenters. The van der Waals surface area contributed by atoms with Crippen LogP contribution in [0.5, 0.6) is 0 Å². The number of hydrogen-bond acceptors (Lipinski definition) is 2. The molecule has 0 bridgehead atoms. The van der Waals surface area contributed by atoms with Crippen molar-refractivity contribution < 1.29 is 9.90 Å². The number of carbonyl (C=O) groups is 1. The fourth-order valence-electron chi connectivity index (χ4n) is 1.47. The molecule has 14 heavy (non-hydrogen) atoms. The summed E-state index contributed by atoms with van der Waals surface area (Å²) in [6.45, 7) is 3.88. The van der Waals surface area contributed by atoms with E-state index in [0.717, 1.165) is 5.82 Å². The van der Waals surface area contributed by atoms with E-state index >= 15 is 0 Å². The molecule has 4 nitrogen and oxygen atoms in total. The third kappa shape index (κ3) is 2.87. The van der Waals surface area contributed by atoms with Gasteiger partial charge in [-0.15, -0.1) is 0 Å². The van der Waals surface area contributed by atoms with Gasteiger partial charge in [-0.1, -0.05) is 13.8 Å². The summed E-state index contributed by atoms with van der Waals surface area (Å²) >= 11 is 0. The van der Waals surface area contributed by atoms with Crippen LogP contribution in [0.1, 0.15) is 26.1 Å². The molecule has 1 rings (SSSR count). The third-order valence-corrected chi connectivity index (χ3v) is 2.19. The molecule has 1 N–H and O–H groups in total. The van der Waals surface area contributed by atoms with Crippen LogP contribution in [0.3, 0.4) is 0 Å². The van der Waals surface area contributed by atoms with Gasteiger partial charge in [0.2, 0.25) is 0 Å². The fraction of sp³-hybridized carbons (Fsp3) is 0.600. The van der Waals surface area contributed by atoms with E-state index in [9.17, 15) is 4.79 Å². The van der Waals surface area contributed by atoms with Crippen molar-refractivity contribution in [2.24, 2.45) is 12.5 Å². The Kier molecular flexibility index (Phi) is 2.93. The minimum Gasteiger partial charge on any atom is -0.481 e. The number of aromatic nitrogens is 2. The zero-order valence-electron chi connectivity index (χ0n) is 8.82.